The van der Waals surface area contributed by atoms with E-state index in [2.05, 4.69) is 65.3 Å². The van der Waals surface area contributed by atoms with Gasteiger partial charge in [0.05, 0.1) is 0 Å². The molecule has 4 N–H and O–H groups in total. The molecule has 4 amide bonds. The first-order valence-electron chi connectivity index (χ1n) is 33.2. The fraction of sp³-hybridized carbons (Fsp3) is 0.500. The van der Waals surface area contributed by atoms with Crippen molar-refractivity contribution in [3.05, 3.63) is 149 Å². The molecule has 3 saturated heterocycles. The minimum absolute atomic E-state index is 0.0235. The molecule has 12 rings (SSSR count). The molecule has 3 aliphatic carbocycles. The van der Waals surface area contributed by atoms with Crippen LogP contribution in [0.1, 0.15) is 143 Å². The fourth-order valence-electron chi connectivity index (χ4n) is 14.4. The summed E-state index contributed by atoms with van der Waals surface area (Å²) in [4.78, 5) is 115. The Labute approximate surface area is 529 Å². The maximum absolute atomic E-state index is 15.1. The summed E-state index contributed by atoms with van der Waals surface area (Å²) in [5.41, 5.74) is 10.9. The maximum Gasteiger partial charge on any atom is 0.253 e. The Morgan fingerprint density at radius 2 is 1.18 bits per heavy atom. The Hall–Kier alpha value is -7.96. The zero-order valence-corrected chi connectivity index (χ0v) is 54.0. The smallest absolute Gasteiger partial charge is 0.253 e. The number of anilines is 4. The van der Waals surface area contributed by atoms with Crippen LogP contribution < -0.4 is 41.4 Å². The molecule has 6 aromatic rings. The Kier molecular flexibility index (Phi) is 18.3. The van der Waals surface area contributed by atoms with Gasteiger partial charge in [0.15, 0.2) is 0 Å². The van der Waals surface area contributed by atoms with Crippen molar-refractivity contribution < 1.29 is 19.2 Å². The van der Waals surface area contributed by atoms with Gasteiger partial charge in [-0.15, -0.1) is 0 Å². The largest absolute Gasteiger partial charge is 0.357 e. The number of aromatic nitrogens is 4. The van der Waals surface area contributed by atoms with Crippen molar-refractivity contribution in [3.8, 4) is 22.3 Å². The quantitative estimate of drug-likeness (QED) is 0.0532. The average molecular weight is 1220 g/mol. The van der Waals surface area contributed by atoms with Crippen molar-refractivity contribution in [3.63, 3.8) is 0 Å². The number of piperidine rings is 1. The number of likely N-dealkylation sites (tertiary alicyclic amines) is 1. The van der Waals surface area contributed by atoms with Crippen LogP contribution in [-0.4, -0.2) is 131 Å². The average Bonchev–Trinajstić information content (AvgIpc) is 1.39. The molecule has 18 heteroatoms. The number of piperazine rings is 1. The number of carbonyl (C=O) groups excluding carboxylic acids is 4. The van der Waals surface area contributed by atoms with Crippen molar-refractivity contribution in [2.45, 2.75) is 139 Å². The van der Waals surface area contributed by atoms with E-state index in [4.69, 9.17) is 9.97 Å². The normalized spacial score (nSPS) is 18.8. The fourth-order valence-corrected chi connectivity index (χ4v) is 14.4. The molecule has 18 nitrogen and oxygen atoms in total. The lowest BCUT2D eigenvalue weighted by Crippen LogP contribution is -2.47. The van der Waals surface area contributed by atoms with E-state index >= 15 is 4.79 Å². The van der Waals surface area contributed by atoms with Crippen LogP contribution in [0, 0.1) is 65.2 Å². The van der Waals surface area contributed by atoms with E-state index in [0.717, 1.165) is 127 Å². The summed E-state index contributed by atoms with van der Waals surface area (Å²) in [6.45, 7) is 25.3. The highest BCUT2D eigenvalue weighted by Crippen LogP contribution is 2.45. The number of rotatable bonds is 21. The van der Waals surface area contributed by atoms with Gasteiger partial charge in [-0.2, -0.15) is 0 Å². The Bertz CT molecular complexity index is 3830. The van der Waals surface area contributed by atoms with Crippen LogP contribution in [-0.2, 0) is 29.1 Å². The van der Waals surface area contributed by atoms with Gasteiger partial charge in [-0.3, -0.25) is 33.7 Å². The Morgan fingerprint density at radius 1 is 0.589 bits per heavy atom. The molecular weight excluding hydrogens is 1130 g/mol. The van der Waals surface area contributed by atoms with E-state index in [1.54, 1.807) is 9.80 Å². The highest BCUT2D eigenvalue weighted by Gasteiger charge is 2.46. The van der Waals surface area contributed by atoms with Crippen molar-refractivity contribution in [2.75, 3.05) is 91.6 Å². The number of hydrogen-bond acceptors (Lipinski definition) is 12. The first kappa shape index (κ1) is 62.2. The number of amides is 4. The molecule has 3 aliphatic heterocycles. The number of aromatic amines is 2. The zero-order valence-electron chi connectivity index (χ0n) is 54.0. The molecular formula is C72H90N12O6. The Morgan fingerprint density at radius 3 is 1.76 bits per heavy atom. The molecule has 2 unspecified atom stereocenters. The van der Waals surface area contributed by atoms with Gasteiger partial charge >= 0.3 is 0 Å². The molecule has 6 aliphatic rings. The SMILES string of the molecule is CCN(C(=O)C1CC1)c1cc(-c2ccc(N3CCC(N4CCCC4)CC3)nc2)cc(C(=O)NCc2c(CC3CC3C(=O)N(CC)c3cc(-c4cnc(N5CCN(CC6CC6)CC5)c(C)c4)cc(C(=O)NCc4c(C)cc(C)[nH]c4=O)c3C)cc(C)[nH]c2=O)c1C. The number of carbonyl (C=O) groups is 4. The summed E-state index contributed by atoms with van der Waals surface area (Å²) < 4.78 is 0. The molecule has 3 saturated carbocycles. The van der Waals surface area contributed by atoms with Gasteiger partial charge in [0.25, 0.3) is 22.9 Å². The van der Waals surface area contributed by atoms with E-state index < -0.39 is 0 Å². The lowest BCUT2D eigenvalue weighted by Gasteiger charge is -2.37. The minimum atomic E-state index is -0.371. The van der Waals surface area contributed by atoms with E-state index in [1.165, 1.54) is 45.3 Å². The van der Waals surface area contributed by atoms with Gasteiger partial charge in [-0.1, -0.05) is 0 Å². The first-order valence-corrected chi connectivity index (χ1v) is 33.2. The monoisotopic (exact) mass is 1220 g/mol. The van der Waals surface area contributed by atoms with Crippen LogP contribution in [0.25, 0.3) is 22.3 Å². The summed E-state index contributed by atoms with van der Waals surface area (Å²) >= 11 is 0. The minimum Gasteiger partial charge on any atom is -0.357 e. The van der Waals surface area contributed by atoms with E-state index in [-0.39, 0.29) is 65.6 Å². The van der Waals surface area contributed by atoms with Crippen LogP contribution in [0.2, 0.25) is 0 Å². The second kappa shape index (κ2) is 26.5. The number of aryl methyl sites for hydroxylation is 4. The van der Waals surface area contributed by atoms with Gasteiger partial charge in [-0.25, -0.2) is 9.97 Å². The second-order valence-corrected chi connectivity index (χ2v) is 26.6. The lowest BCUT2D eigenvalue weighted by molar-refractivity contribution is -0.120. The third kappa shape index (κ3) is 13.6. The molecule has 0 bridgehead atoms. The molecule has 2 aromatic carbocycles. The van der Waals surface area contributed by atoms with Crippen molar-refractivity contribution >= 4 is 46.6 Å². The molecule has 7 heterocycles. The van der Waals surface area contributed by atoms with Crippen LogP contribution in [0.15, 0.2) is 76.6 Å². The number of benzene rings is 2. The highest BCUT2D eigenvalue weighted by atomic mass is 16.2. The number of hydrogen-bond donors (Lipinski definition) is 4. The number of nitrogens with one attached hydrogen (secondary N) is 4. The lowest BCUT2D eigenvalue weighted by atomic mass is 9.96. The molecule has 6 fully saturated rings. The molecule has 0 radical (unpaired) electrons. The predicted octanol–water partition coefficient (Wildman–Crippen LogP) is 9.49. The molecule has 0 spiro atoms. The maximum atomic E-state index is 15.1. The van der Waals surface area contributed by atoms with Crippen molar-refractivity contribution in [1.29, 1.82) is 0 Å². The van der Waals surface area contributed by atoms with E-state index in [9.17, 15) is 24.0 Å². The summed E-state index contributed by atoms with van der Waals surface area (Å²) in [6.07, 6.45) is 14.0. The predicted molar refractivity (Wildman–Crippen MR) is 356 cm³/mol. The van der Waals surface area contributed by atoms with Crippen LogP contribution in [0.4, 0.5) is 23.0 Å². The molecule has 90 heavy (non-hydrogen) atoms. The van der Waals surface area contributed by atoms with Gasteiger partial charge < -0.3 is 45.1 Å². The zero-order chi connectivity index (χ0) is 63.1. The van der Waals surface area contributed by atoms with Crippen LogP contribution in [0.5, 0.6) is 0 Å². The van der Waals surface area contributed by atoms with Crippen LogP contribution >= 0.6 is 0 Å². The summed E-state index contributed by atoms with van der Waals surface area (Å²) in [5.74, 6) is 1.48. The second-order valence-electron chi connectivity index (χ2n) is 26.6. The number of pyridine rings is 4. The first-order chi connectivity index (χ1) is 43.4. The third-order valence-corrected chi connectivity index (χ3v) is 20.1. The highest BCUT2D eigenvalue weighted by molar-refractivity contribution is 6.04. The van der Waals surface area contributed by atoms with Gasteiger partial charge in [0, 0.05) is 158 Å². The Balaban J connectivity index is 0.774. The molecule has 4 aromatic heterocycles. The van der Waals surface area contributed by atoms with E-state index in [0.29, 0.717) is 82.4 Å². The molecule has 2 atom stereocenters. The number of H-pyrrole nitrogens is 2. The van der Waals surface area contributed by atoms with Crippen LogP contribution in [0.3, 0.4) is 0 Å². The van der Waals surface area contributed by atoms with Gasteiger partial charge in [-0.05, 0) is 238 Å². The van der Waals surface area contributed by atoms with Gasteiger partial charge in [0.1, 0.15) is 11.6 Å². The van der Waals surface area contributed by atoms with E-state index in [1.807, 2.05) is 97.3 Å². The summed E-state index contributed by atoms with van der Waals surface area (Å²) in [6, 6.07) is 18.4. The standard InChI is InChI=1S/C72H90N12O6/c1-9-83(71(89)50-15-16-50)63-36-52(51-17-18-65(73-38-51)81-23-19-57(20-24-81)80-21-11-12-22-80)33-58(47(63)7)68(86)76-41-62-54(31-46(6)78-70(62)88)32-55-35-60(55)72(90)84(10-2)64-37-53(34-59(48(64)8)67(85)75-40-61-43(3)29-45(5)77-69(61)87)56-30-44(4)66(74-39-56)82-27-25-79(26-28-82)42-49-13-14-49/h17-18,29-31,33-34,36-39,49-50,55,57,60H,9-16,19-28,32,35,40-42H2,1-8H3,(H,75,85)(H,76,86)(H,77,87)(H,78,88). The summed E-state index contributed by atoms with van der Waals surface area (Å²) in [5, 5.41) is 6.14. The third-order valence-electron chi connectivity index (χ3n) is 20.1. The van der Waals surface area contributed by atoms with Gasteiger partial charge in [0.2, 0.25) is 11.8 Å². The van der Waals surface area contributed by atoms with Crippen molar-refractivity contribution in [1.82, 2.24) is 40.4 Å². The summed E-state index contributed by atoms with van der Waals surface area (Å²) in [7, 11) is 0. The number of nitrogens with zero attached hydrogens (tertiary/aromatic N) is 8. The molecule has 474 valence electrons. The topological polar surface area (TPSA) is 203 Å². The van der Waals surface area contributed by atoms with Crippen molar-refractivity contribution in [2.24, 2.45) is 23.7 Å².